The maximum Gasteiger partial charge on any atom is 0.133 e. The van der Waals surface area contributed by atoms with Crippen LogP contribution in [0, 0.1) is 0 Å². The fourth-order valence-corrected chi connectivity index (χ4v) is 2.15. The van der Waals surface area contributed by atoms with Crippen molar-refractivity contribution >= 4 is 15.9 Å². The number of hydrogen-bond acceptors (Lipinski definition) is 1. The van der Waals surface area contributed by atoms with Gasteiger partial charge in [-0.15, -0.1) is 0 Å². The first-order valence-corrected chi connectivity index (χ1v) is 6.88. The van der Waals surface area contributed by atoms with E-state index in [4.69, 9.17) is 4.74 Å². The van der Waals surface area contributed by atoms with Gasteiger partial charge in [-0.2, -0.15) is 0 Å². The van der Waals surface area contributed by atoms with E-state index < -0.39 is 0 Å². The van der Waals surface area contributed by atoms with Crippen molar-refractivity contribution in [3.63, 3.8) is 0 Å². The van der Waals surface area contributed by atoms with E-state index >= 15 is 0 Å². The van der Waals surface area contributed by atoms with Gasteiger partial charge in [0.1, 0.15) is 5.75 Å². The fraction of sp³-hybridized carbons (Fsp3) is 0.571. The molecule has 0 radical (unpaired) electrons. The molecule has 0 atom stereocenters. The van der Waals surface area contributed by atoms with Crippen molar-refractivity contribution in [3.05, 3.63) is 28.2 Å². The largest absolute Gasteiger partial charge is 0.490 e. The third kappa shape index (κ3) is 4.56. The van der Waals surface area contributed by atoms with Crippen LogP contribution in [0.4, 0.5) is 0 Å². The number of aryl methyl sites for hydroxylation is 1. The first-order chi connectivity index (χ1) is 7.63. The molecule has 0 aliphatic carbocycles. The molecule has 0 heterocycles. The Morgan fingerprint density at radius 3 is 2.56 bits per heavy atom. The molecular formula is C14H21BrO. The van der Waals surface area contributed by atoms with E-state index in [1.165, 1.54) is 24.8 Å². The van der Waals surface area contributed by atoms with Crippen LogP contribution in [0.3, 0.4) is 0 Å². The SMILES string of the molecule is CCCCCc1ccc(OC(C)C)c(Br)c1. The molecule has 0 N–H and O–H groups in total. The molecule has 0 saturated carbocycles. The highest BCUT2D eigenvalue weighted by atomic mass is 79.9. The average molecular weight is 285 g/mol. The molecule has 0 aliphatic heterocycles. The topological polar surface area (TPSA) is 9.23 Å². The average Bonchev–Trinajstić information content (AvgIpc) is 2.22. The lowest BCUT2D eigenvalue weighted by molar-refractivity contribution is 0.241. The van der Waals surface area contributed by atoms with E-state index in [9.17, 15) is 0 Å². The Kier molecular flexibility index (Phi) is 5.89. The lowest BCUT2D eigenvalue weighted by Gasteiger charge is -2.12. The van der Waals surface area contributed by atoms with Crippen LogP contribution in [0.15, 0.2) is 22.7 Å². The van der Waals surface area contributed by atoms with Gasteiger partial charge in [0.25, 0.3) is 0 Å². The Balaban J connectivity index is 2.60. The molecule has 0 spiro atoms. The minimum absolute atomic E-state index is 0.224. The van der Waals surface area contributed by atoms with Crippen LogP contribution in [-0.4, -0.2) is 6.10 Å². The summed E-state index contributed by atoms with van der Waals surface area (Å²) in [5.41, 5.74) is 1.39. The van der Waals surface area contributed by atoms with Gasteiger partial charge in [0.05, 0.1) is 10.6 Å². The molecule has 0 unspecified atom stereocenters. The van der Waals surface area contributed by atoms with Crippen LogP contribution in [0.1, 0.15) is 45.6 Å². The Bertz CT molecular complexity index is 321. The van der Waals surface area contributed by atoms with Crippen LogP contribution in [0.5, 0.6) is 5.75 Å². The Morgan fingerprint density at radius 1 is 1.25 bits per heavy atom. The summed E-state index contributed by atoms with van der Waals surface area (Å²) >= 11 is 3.56. The molecule has 1 nitrogen and oxygen atoms in total. The molecule has 0 amide bonds. The monoisotopic (exact) mass is 284 g/mol. The van der Waals surface area contributed by atoms with Gasteiger partial charge < -0.3 is 4.74 Å². The Morgan fingerprint density at radius 2 is 2.00 bits per heavy atom. The van der Waals surface area contributed by atoms with E-state index in [1.54, 1.807) is 0 Å². The molecule has 1 aromatic carbocycles. The van der Waals surface area contributed by atoms with Crippen LogP contribution < -0.4 is 4.74 Å². The lowest BCUT2D eigenvalue weighted by atomic mass is 10.1. The number of halogens is 1. The van der Waals surface area contributed by atoms with E-state index in [0.717, 1.165) is 16.6 Å². The fourth-order valence-electron chi connectivity index (χ4n) is 1.63. The summed E-state index contributed by atoms with van der Waals surface area (Å²) in [7, 11) is 0. The quantitative estimate of drug-likeness (QED) is 0.670. The number of unbranched alkanes of at least 4 members (excludes halogenated alkanes) is 2. The zero-order valence-corrected chi connectivity index (χ0v) is 12.0. The standard InChI is InChI=1S/C14H21BrO/c1-4-5-6-7-12-8-9-14(13(15)10-12)16-11(2)3/h8-11H,4-7H2,1-3H3. The minimum Gasteiger partial charge on any atom is -0.490 e. The highest BCUT2D eigenvalue weighted by Crippen LogP contribution is 2.27. The second-order valence-corrected chi connectivity index (χ2v) is 5.24. The highest BCUT2D eigenvalue weighted by Gasteiger charge is 2.04. The van der Waals surface area contributed by atoms with E-state index in [1.807, 2.05) is 13.8 Å². The second-order valence-electron chi connectivity index (χ2n) is 4.39. The molecule has 0 saturated heterocycles. The van der Waals surface area contributed by atoms with Crippen molar-refractivity contribution in [3.8, 4) is 5.75 Å². The van der Waals surface area contributed by atoms with E-state index in [0.29, 0.717) is 0 Å². The van der Waals surface area contributed by atoms with Gasteiger partial charge >= 0.3 is 0 Å². The first kappa shape index (κ1) is 13.6. The second kappa shape index (κ2) is 6.95. The number of ether oxygens (including phenoxy) is 1. The third-order valence-electron chi connectivity index (χ3n) is 2.43. The lowest BCUT2D eigenvalue weighted by Crippen LogP contribution is -2.06. The molecule has 0 bridgehead atoms. The Labute approximate surface area is 107 Å². The minimum atomic E-state index is 0.224. The van der Waals surface area contributed by atoms with Gasteiger partial charge in [-0.05, 0) is 60.3 Å². The molecule has 0 aliphatic rings. The summed E-state index contributed by atoms with van der Waals surface area (Å²) in [5, 5.41) is 0. The van der Waals surface area contributed by atoms with Crippen molar-refractivity contribution in [1.82, 2.24) is 0 Å². The van der Waals surface area contributed by atoms with Crippen molar-refractivity contribution in [2.75, 3.05) is 0 Å². The van der Waals surface area contributed by atoms with Crippen molar-refractivity contribution in [1.29, 1.82) is 0 Å². The highest BCUT2D eigenvalue weighted by molar-refractivity contribution is 9.10. The zero-order chi connectivity index (χ0) is 12.0. The smallest absolute Gasteiger partial charge is 0.133 e. The van der Waals surface area contributed by atoms with Crippen molar-refractivity contribution < 1.29 is 4.74 Å². The van der Waals surface area contributed by atoms with Gasteiger partial charge in [-0.25, -0.2) is 0 Å². The molecule has 0 aromatic heterocycles. The summed E-state index contributed by atoms with van der Waals surface area (Å²) in [5.74, 6) is 0.939. The van der Waals surface area contributed by atoms with E-state index in [2.05, 4.69) is 41.1 Å². The first-order valence-electron chi connectivity index (χ1n) is 6.08. The van der Waals surface area contributed by atoms with Gasteiger partial charge in [-0.3, -0.25) is 0 Å². The summed E-state index contributed by atoms with van der Waals surface area (Å²) < 4.78 is 6.74. The number of hydrogen-bond donors (Lipinski definition) is 0. The molecule has 90 valence electrons. The van der Waals surface area contributed by atoms with Crippen LogP contribution >= 0.6 is 15.9 Å². The predicted octanol–water partition coefficient (Wildman–Crippen LogP) is 4.97. The van der Waals surface area contributed by atoms with Gasteiger partial charge in [0, 0.05) is 0 Å². The number of benzene rings is 1. The summed E-state index contributed by atoms with van der Waals surface area (Å²) in [4.78, 5) is 0. The molecular weight excluding hydrogens is 264 g/mol. The van der Waals surface area contributed by atoms with Crippen LogP contribution in [-0.2, 0) is 6.42 Å². The Hall–Kier alpha value is -0.500. The van der Waals surface area contributed by atoms with Crippen LogP contribution in [0.25, 0.3) is 0 Å². The van der Waals surface area contributed by atoms with E-state index in [-0.39, 0.29) is 6.10 Å². The molecule has 2 heteroatoms. The molecule has 1 rings (SSSR count). The van der Waals surface area contributed by atoms with Crippen LogP contribution in [0.2, 0.25) is 0 Å². The van der Waals surface area contributed by atoms with Gasteiger partial charge in [0.15, 0.2) is 0 Å². The molecule has 1 aromatic rings. The normalized spacial score (nSPS) is 10.8. The zero-order valence-electron chi connectivity index (χ0n) is 10.4. The van der Waals surface area contributed by atoms with Crippen molar-refractivity contribution in [2.24, 2.45) is 0 Å². The number of rotatable bonds is 6. The van der Waals surface area contributed by atoms with Gasteiger partial charge in [0.2, 0.25) is 0 Å². The third-order valence-corrected chi connectivity index (χ3v) is 3.05. The predicted molar refractivity (Wildman–Crippen MR) is 73.1 cm³/mol. The molecule has 0 fully saturated rings. The summed E-state index contributed by atoms with van der Waals surface area (Å²) in [6.45, 7) is 6.32. The summed E-state index contributed by atoms with van der Waals surface area (Å²) in [6, 6.07) is 6.40. The maximum absolute atomic E-state index is 5.68. The van der Waals surface area contributed by atoms with Crippen molar-refractivity contribution in [2.45, 2.75) is 52.6 Å². The maximum atomic E-state index is 5.68. The summed E-state index contributed by atoms with van der Waals surface area (Å²) in [6.07, 6.45) is 5.24. The molecule has 16 heavy (non-hydrogen) atoms. The van der Waals surface area contributed by atoms with Gasteiger partial charge in [-0.1, -0.05) is 25.8 Å².